The van der Waals surface area contributed by atoms with Gasteiger partial charge in [-0.2, -0.15) is 0 Å². The molecular formula is C30H37N3O8. The van der Waals surface area contributed by atoms with E-state index in [0.717, 1.165) is 11.1 Å². The molecule has 0 spiro atoms. The summed E-state index contributed by atoms with van der Waals surface area (Å²) >= 11 is 0. The van der Waals surface area contributed by atoms with Gasteiger partial charge in [0.15, 0.2) is 23.0 Å². The van der Waals surface area contributed by atoms with Gasteiger partial charge in [0.2, 0.25) is 0 Å². The van der Waals surface area contributed by atoms with E-state index < -0.39 is 22.9 Å². The largest absolute Gasteiger partial charge is 0.493 e. The normalized spacial score (nSPS) is 12.3. The van der Waals surface area contributed by atoms with Crippen LogP contribution in [0.3, 0.4) is 0 Å². The first-order valence-electron chi connectivity index (χ1n) is 13.1. The van der Waals surface area contributed by atoms with Crippen molar-refractivity contribution in [2.24, 2.45) is 5.92 Å². The highest BCUT2D eigenvalue weighted by Gasteiger charge is 2.29. The fraction of sp³-hybridized carbons (Fsp3) is 0.367. The van der Waals surface area contributed by atoms with Crippen LogP contribution in [0.2, 0.25) is 0 Å². The van der Waals surface area contributed by atoms with Crippen molar-refractivity contribution >= 4 is 11.7 Å². The van der Waals surface area contributed by atoms with Crippen LogP contribution < -0.4 is 29.6 Å². The number of hydrogen-bond donors (Lipinski definition) is 3. The van der Waals surface area contributed by atoms with Crippen molar-refractivity contribution < 1.29 is 33.8 Å². The van der Waals surface area contributed by atoms with E-state index in [0.29, 0.717) is 54.5 Å². The molecule has 2 unspecified atom stereocenters. The minimum Gasteiger partial charge on any atom is -0.493 e. The predicted octanol–water partition coefficient (Wildman–Crippen LogP) is 4.04. The Labute approximate surface area is 239 Å². The zero-order chi connectivity index (χ0) is 29.8. The molecule has 41 heavy (non-hydrogen) atoms. The number of nitro benzene ring substituents is 1. The van der Waals surface area contributed by atoms with Gasteiger partial charge >= 0.3 is 5.97 Å². The van der Waals surface area contributed by atoms with Crippen LogP contribution in [0.1, 0.15) is 22.7 Å². The lowest BCUT2D eigenvalue weighted by molar-refractivity contribution is -0.384. The standard InChI is InChI=1S/C30H37N3O8/c1-38-25-11-5-20(17-27(25)40-3)13-15-31-19-24(30(34)35)29(22-7-9-23(10-8-22)33(36)37)32-16-14-21-6-12-26(39-2)28(18-21)41-4/h5-12,17-18,24,29,31-32H,13-16,19H2,1-4H3,(H,34,35). The third kappa shape index (κ3) is 8.57. The fourth-order valence-corrected chi connectivity index (χ4v) is 4.58. The maximum atomic E-state index is 12.4. The van der Waals surface area contributed by atoms with Gasteiger partial charge in [0.25, 0.3) is 5.69 Å². The second-order valence-electron chi connectivity index (χ2n) is 9.31. The van der Waals surface area contributed by atoms with Gasteiger partial charge in [0.1, 0.15) is 0 Å². The molecule has 3 N–H and O–H groups in total. The molecule has 220 valence electrons. The number of nitro groups is 1. The molecule has 0 saturated carbocycles. The summed E-state index contributed by atoms with van der Waals surface area (Å²) in [5.74, 6) is 0.681. The Morgan fingerprint density at radius 3 is 1.78 bits per heavy atom. The van der Waals surface area contributed by atoms with Crippen LogP contribution in [0.25, 0.3) is 0 Å². The molecule has 0 radical (unpaired) electrons. The molecule has 0 aliphatic rings. The summed E-state index contributed by atoms with van der Waals surface area (Å²) in [6, 6.07) is 16.7. The van der Waals surface area contributed by atoms with Crippen LogP contribution in [0.5, 0.6) is 23.0 Å². The number of methoxy groups -OCH3 is 4. The number of hydrogen-bond acceptors (Lipinski definition) is 9. The number of carboxylic acid groups (broad SMARTS) is 1. The second-order valence-corrected chi connectivity index (χ2v) is 9.31. The predicted molar refractivity (Wildman–Crippen MR) is 154 cm³/mol. The smallest absolute Gasteiger partial charge is 0.309 e. The molecule has 0 saturated heterocycles. The molecule has 0 heterocycles. The monoisotopic (exact) mass is 567 g/mol. The Morgan fingerprint density at radius 2 is 1.32 bits per heavy atom. The van der Waals surface area contributed by atoms with E-state index in [-0.39, 0.29) is 12.2 Å². The summed E-state index contributed by atoms with van der Waals surface area (Å²) in [7, 11) is 6.30. The third-order valence-corrected chi connectivity index (χ3v) is 6.81. The molecule has 0 fully saturated rings. The van der Waals surface area contributed by atoms with Gasteiger partial charge in [-0.3, -0.25) is 14.9 Å². The van der Waals surface area contributed by atoms with Gasteiger partial charge < -0.3 is 34.7 Å². The minimum atomic E-state index is -0.981. The lowest BCUT2D eigenvalue weighted by Crippen LogP contribution is -2.40. The molecule has 2 atom stereocenters. The zero-order valence-electron chi connectivity index (χ0n) is 23.7. The van der Waals surface area contributed by atoms with Gasteiger partial charge in [-0.1, -0.05) is 24.3 Å². The number of rotatable bonds is 17. The van der Waals surface area contributed by atoms with Gasteiger partial charge in [-0.05, 0) is 66.9 Å². The van der Waals surface area contributed by atoms with Gasteiger partial charge in [-0.15, -0.1) is 0 Å². The molecule has 3 aromatic carbocycles. The molecule has 0 aliphatic carbocycles. The maximum absolute atomic E-state index is 12.4. The summed E-state index contributed by atoms with van der Waals surface area (Å²) < 4.78 is 21.3. The molecule has 0 aromatic heterocycles. The van der Waals surface area contributed by atoms with E-state index in [4.69, 9.17) is 18.9 Å². The molecule has 0 bridgehead atoms. The Kier molecular flexibility index (Phi) is 11.7. The van der Waals surface area contributed by atoms with Crippen molar-refractivity contribution in [2.45, 2.75) is 18.9 Å². The van der Waals surface area contributed by atoms with E-state index in [2.05, 4.69) is 10.6 Å². The number of non-ortho nitro benzene ring substituents is 1. The minimum absolute atomic E-state index is 0.0576. The molecule has 11 heteroatoms. The summed E-state index contributed by atoms with van der Waals surface area (Å²) in [6.07, 6.45) is 1.25. The molecule has 11 nitrogen and oxygen atoms in total. The Bertz CT molecular complexity index is 1300. The van der Waals surface area contributed by atoms with E-state index in [1.54, 1.807) is 40.6 Å². The SMILES string of the molecule is COc1ccc(CCNCC(C(=O)O)C(NCCc2ccc(OC)c(OC)c2)c2ccc([N+](=O)[O-])cc2)cc1OC. The zero-order valence-corrected chi connectivity index (χ0v) is 23.7. The van der Waals surface area contributed by atoms with Crippen LogP contribution in [0, 0.1) is 16.0 Å². The highest BCUT2D eigenvalue weighted by molar-refractivity contribution is 5.71. The molecule has 0 amide bonds. The summed E-state index contributed by atoms with van der Waals surface area (Å²) in [4.78, 5) is 23.1. The van der Waals surface area contributed by atoms with Crippen LogP contribution in [0.4, 0.5) is 5.69 Å². The summed E-state index contributed by atoms with van der Waals surface area (Å²) in [5.41, 5.74) is 2.59. The van der Waals surface area contributed by atoms with E-state index in [9.17, 15) is 20.0 Å². The maximum Gasteiger partial charge on any atom is 0.309 e. The van der Waals surface area contributed by atoms with Crippen molar-refractivity contribution in [1.29, 1.82) is 0 Å². The Balaban J connectivity index is 1.72. The lowest BCUT2D eigenvalue weighted by atomic mass is 9.92. The first-order chi connectivity index (χ1) is 19.8. The number of benzene rings is 3. The average molecular weight is 568 g/mol. The van der Waals surface area contributed by atoms with E-state index in [1.807, 2.05) is 36.4 Å². The van der Waals surface area contributed by atoms with Crippen molar-refractivity contribution in [3.63, 3.8) is 0 Å². The van der Waals surface area contributed by atoms with Gasteiger partial charge in [0, 0.05) is 24.7 Å². The van der Waals surface area contributed by atoms with E-state index in [1.165, 1.54) is 12.1 Å². The number of nitrogens with zero attached hydrogens (tertiary/aromatic N) is 1. The summed E-state index contributed by atoms with van der Waals surface area (Å²) in [5, 5.41) is 28.0. The fourth-order valence-electron chi connectivity index (χ4n) is 4.58. The topological polar surface area (TPSA) is 141 Å². The first-order valence-corrected chi connectivity index (χ1v) is 13.1. The van der Waals surface area contributed by atoms with Crippen molar-refractivity contribution in [2.75, 3.05) is 48.1 Å². The van der Waals surface area contributed by atoms with Gasteiger partial charge in [0.05, 0.1) is 39.3 Å². The molecule has 3 aromatic rings. The quantitative estimate of drug-likeness (QED) is 0.124. The van der Waals surface area contributed by atoms with Crippen molar-refractivity contribution in [3.8, 4) is 23.0 Å². The number of ether oxygens (including phenoxy) is 4. The third-order valence-electron chi connectivity index (χ3n) is 6.81. The Morgan fingerprint density at radius 1 is 0.805 bits per heavy atom. The Hall–Kier alpha value is -4.35. The van der Waals surface area contributed by atoms with Crippen LogP contribution in [-0.2, 0) is 17.6 Å². The second kappa shape index (κ2) is 15.4. The highest BCUT2D eigenvalue weighted by atomic mass is 16.6. The molecule has 3 rings (SSSR count). The number of aliphatic carboxylic acids is 1. The molecule has 0 aliphatic heterocycles. The van der Waals surface area contributed by atoms with E-state index >= 15 is 0 Å². The van der Waals surface area contributed by atoms with Crippen molar-refractivity contribution in [3.05, 3.63) is 87.5 Å². The van der Waals surface area contributed by atoms with Gasteiger partial charge in [-0.25, -0.2) is 0 Å². The number of nitrogens with one attached hydrogen (secondary N) is 2. The number of carboxylic acids is 1. The van der Waals surface area contributed by atoms with Crippen LogP contribution in [-0.4, -0.2) is 64.1 Å². The first kappa shape index (κ1) is 31.2. The van der Waals surface area contributed by atoms with Crippen LogP contribution >= 0.6 is 0 Å². The highest BCUT2D eigenvalue weighted by Crippen LogP contribution is 2.29. The average Bonchev–Trinajstić information content (AvgIpc) is 2.99. The lowest BCUT2D eigenvalue weighted by Gasteiger charge is -2.26. The number of carbonyl (C=O) groups is 1. The van der Waals surface area contributed by atoms with Crippen LogP contribution in [0.15, 0.2) is 60.7 Å². The van der Waals surface area contributed by atoms with Crippen molar-refractivity contribution in [1.82, 2.24) is 10.6 Å². The molecular weight excluding hydrogens is 530 g/mol. The summed E-state index contributed by atoms with van der Waals surface area (Å²) in [6.45, 7) is 1.19.